The molecular formula is C27H21F3N6O3. The number of rotatable bonds is 8. The number of esters is 1. The van der Waals surface area contributed by atoms with E-state index >= 15 is 0 Å². The number of hydrogen-bond acceptors (Lipinski definition) is 7. The summed E-state index contributed by atoms with van der Waals surface area (Å²) in [6, 6.07) is 21.6. The maximum atomic E-state index is 13.3. The van der Waals surface area contributed by atoms with Crippen molar-refractivity contribution in [1.29, 1.82) is 0 Å². The fourth-order valence-electron chi connectivity index (χ4n) is 3.38. The third kappa shape index (κ3) is 7.01. The smallest absolute Gasteiger partial charge is 0.416 e. The summed E-state index contributed by atoms with van der Waals surface area (Å²) in [5, 5.41) is 16.0. The first-order chi connectivity index (χ1) is 18.7. The molecule has 9 nitrogen and oxygen atoms in total. The normalized spacial score (nSPS) is 11.9. The first-order valence-corrected chi connectivity index (χ1v) is 11.5. The summed E-state index contributed by atoms with van der Waals surface area (Å²) in [5.74, 6) is -1.53. The van der Waals surface area contributed by atoms with Gasteiger partial charge in [0, 0.05) is 0 Å². The third-order valence-electron chi connectivity index (χ3n) is 5.27. The van der Waals surface area contributed by atoms with E-state index in [0.29, 0.717) is 17.0 Å². The van der Waals surface area contributed by atoms with Crippen LogP contribution in [0.2, 0.25) is 0 Å². The molecule has 0 atom stereocenters. The number of aromatic nitrogens is 4. The largest absolute Gasteiger partial charge is 0.451 e. The molecule has 0 aliphatic carbocycles. The van der Waals surface area contributed by atoms with Gasteiger partial charge < -0.3 is 4.74 Å². The van der Waals surface area contributed by atoms with Crippen molar-refractivity contribution >= 4 is 35.6 Å². The maximum Gasteiger partial charge on any atom is 0.416 e. The summed E-state index contributed by atoms with van der Waals surface area (Å²) >= 11 is 0. The molecule has 12 heteroatoms. The zero-order valence-electron chi connectivity index (χ0n) is 20.5. The van der Waals surface area contributed by atoms with Crippen molar-refractivity contribution in [2.45, 2.75) is 13.1 Å². The van der Waals surface area contributed by atoms with E-state index < -0.39 is 30.2 Å². The highest BCUT2D eigenvalue weighted by atomic mass is 19.4. The van der Waals surface area contributed by atoms with Crippen molar-refractivity contribution in [3.05, 3.63) is 107 Å². The second-order valence-corrected chi connectivity index (χ2v) is 8.06. The Morgan fingerprint density at radius 2 is 1.64 bits per heavy atom. The van der Waals surface area contributed by atoms with E-state index in [1.165, 1.54) is 18.4 Å². The Hall–Kier alpha value is -5.13. The average Bonchev–Trinajstić information content (AvgIpc) is 3.36. The van der Waals surface area contributed by atoms with E-state index in [0.717, 1.165) is 27.9 Å². The molecule has 1 heterocycles. The second kappa shape index (κ2) is 11.9. The molecular weight excluding hydrogens is 513 g/mol. The molecule has 0 saturated heterocycles. The molecule has 4 aromatic rings. The summed E-state index contributed by atoms with van der Waals surface area (Å²) in [5.41, 5.74) is 0.0431. The van der Waals surface area contributed by atoms with Crippen molar-refractivity contribution in [3.8, 4) is 0 Å². The maximum absolute atomic E-state index is 13.3. The quantitative estimate of drug-likeness (QED) is 0.142. The van der Waals surface area contributed by atoms with Crippen LogP contribution in [0.5, 0.6) is 0 Å². The Labute approximate surface area is 220 Å². The number of hydrogen-bond donors (Lipinski definition) is 0. The predicted molar refractivity (Wildman–Crippen MR) is 137 cm³/mol. The number of tetrazole rings is 1. The van der Waals surface area contributed by atoms with Crippen LogP contribution in [-0.4, -0.2) is 44.9 Å². The Bertz CT molecular complexity index is 1500. The third-order valence-corrected chi connectivity index (χ3v) is 5.27. The average molecular weight is 534 g/mol. The number of halogens is 3. The summed E-state index contributed by atoms with van der Waals surface area (Å²) in [6.45, 7) is 0.749. The van der Waals surface area contributed by atoms with E-state index in [-0.39, 0.29) is 11.4 Å². The first-order valence-electron chi connectivity index (χ1n) is 11.5. The fourth-order valence-corrected chi connectivity index (χ4v) is 3.38. The van der Waals surface area contributed by atoms with Gasteiger partial charge in [-0.1, -0.05) is 66.7 Å². The molecule has 0 saturated carbocycles. The van der Waals surface area contributed by atoms with Crippen LogP contribution < -0.4 is 5.01 Å². The lowest BCUT2D eigenvalue weighted by Crippen LogP contribution is -2.31. The van der Waals surface area contributed by atoms with Crippen LogP contribution in [0.3, 0.4) is 0 Å². The van der Waals surface area contributed by atoms with Gasteiger partial charge in [-0.05, 0) is 52.8 Å². The van der Waals surface area contributed by atoms with E-state index in [1.807, 2.05) is 0 Å². The number of aryl methyl sites for hydroxylation is 1. The molecule has 0 spiro atoms. The number of benzene rings is 3. The number of amides is 1. The summed E-state index contributed by atoms with van der Waals surface area (Å²) in [6.07, 6.45) is -1.85. The molecule has 0 radical (unpaired) electrons. The van der Waals surface area contributed by atoms with Gasteiger partial charge in [0.05, 0.1) is 17.5 Å². The zero-order valence-corrected chi connectivity index (χ0v) is 20.5. The standard InChI is InChI=1S/C27H21F3N6O3/c1-19-32-33-34-35(19)24(15-20-9-4-2-5-10-20)26(38)39-18-25(37)36(31-17-21-11-6-3-7-12-21)23-14-8-13-22(16-23)27(28,29)30/h2-17H,18H2,1H3/b24-15+,31-17+. The number of nitrogens with zero attached hydrogens (tertiary/aromatic N) is 6. The van der Waals surface area contributed by atoms with E-state index in [1.54, 1.807) is 67.6 Å². The van der Waals surface area contributed by atoms with Crippen LogP contribution in [0.4, 0.5) is 18.9 Å². The van der Waals surface area contributed by atoms with Gasteiger partial charge >= 0.3 is 12.1 Å². The van der Waals surface area contributed by atoms with Gasteiger partial charge in [0.2, 0.25) is 0 Å². The molecule has 39 heavy (non-hydrogen) atoms. The van der Waals surface area contributed by atoms with Gasteiger partial charge in [-0.2, -0.15) is 28.0 Å². The molecule has 0 unspecified atom stereocenters. The number of carbonyl (C=O) groups excluding carboxylic acids is 2. The number of ether oxygens (including phenoxy) is 1. The van der Waals surface area contributed by atoms with Crippen LogP contribution in [0.15, 0.2) is 90.0 Å². The van der Waals surface area contributed by atoms with Crippen molar-refractivity contribution in [2.75, 3.05) is 11.6 Å². The van der Waals surface area contributed by atoms with Crippen molar-refractivity contribution in [3.63, 3.8) is 0 Å². The lowest BCUT2D eigenvalue weighted by Gasteiger charge is -2.19. The lowest BCUT2D eigenvalue weighted by atomic mass is 10.2. The van der Waals surface area contributed by atoms with Gasteiger partial charge in [0.15, 0.2) is 18.1 Å². The number of anilines is 1. The van der Waals surface area contributed by atoms with Gasteiger partial charge in [0.1, 0.15) is 0 Å². The first kappa shape index (κ1) is 26.9. The zero-order chi connectivity index (χ0) is 27.8. The molecule has 0 N–H and O–H groups in total. The van der Waals surface area contributed by atoms with Gasteiger partial charge in [0.25, 0.3) is 5.91 Å². The Morgan fingerprint density at radius 1 is 0.974 bits per heavy atom. The molecule has 3 aromatic carbocycles. The van der Waals surface area contributed by atoms with E-state index in [9.17, 15) is 22.8 Å². The van der Waals surface area contributed by atoms with Crippen molar-refractivity contribution < 1.29 is 27.5 Å². The molecule has 1 amide bonds. The molecule has 0 fully saturated rings. The predicted octanol–water partition coefficient (Wildman–Crippen LogP) is 4.61. The van der Waals surface area contributed by atoms with Crippen LogP contribution >= 0.6 is 0 Å². The molecule has 0 aliphatic rings. The molecule has 4 rings (SSSR count). The van der Waals surface area contributed by atoms with Crippen LogP contribution in [0.25, 0.3) is 11.8 Å². The summed E-state index contributed by atoms with van der Waals surface area (Å²) in [7, 11) is 0. The topological polar surface area (TPSA) is 103 Å². The summed E-state index contributed by atoms with van der Waals surface area (Å²) < 4.78 is 46.4. The highest BCUT2D eigenvalue weighted by Gasteiger charge is 2.31. The molecule has 1 aromatic heterocycles. The summed E-state index contributed by atoms with van der Waals surface area (Å²) in [4.78, 5) is 26.2. The highest BCUT2D eigenvalue weighted by Crippen LogP contribution is 2.32. The minimum Gasteiger partial charge on any atom is -0.451 e. The minimum atomic E-state index is -4.64. The Balaban J connectivity index is 1.60. The number of alkyl halides is 3. The van der Waals surface area contributed by atoms with Crippen LogP contribution in [0.1, 0.15) is 22.5 Å². The van der Waals surface area contributed by atoms with Crippen LogP contribution in [-0.2, 0) is 20.5 Å². The molecule has 198 valence electrons. The minimum absolute atomic E-state index is 0.0742. The van der Waals surface area contributed by atoms with Crippen molar-refractivity contribution in [1.82, 2.24) is 20.2 Å². The molecule has 0 bridgehead atoms. The number of hydrazone groups is 1. The number of carbonyl (C=O) groups is 2. The SMILES string of the molecule is Cc1nnnn1/C(=C/c1ccccc1)C(=O)OCC(=O)N(/N=C/c1ccccc1)c1cccc(C(F)(F)F)c1. The van der Waals surface area contributed by atoms with Crippen LogP contribution in [0, 0.1) is 6.92 Å². The van der Waals surface area contributed by atoms with Crippen molar-refractivity contribution in [2.24, 2.45) is 5.10 Å². The van der Waals surface area contributed by atoms with Gasteiger partial charge in [-0.25, -0.2) is 4.79 Å². The molecule has 0 aliphatic heterocycles. The van der Waals surface area contributed by atoms with Gasteiger partial charge in [-0.15, -0.1) is 5.10 Å². The van der Waals surface area contributed by atoms with E-state index in [2.05, 4.69) is 20.6 Å². The lowest BCUT2D eigenvalue weighted by molar-refractivity contribution is -0.142. The second-order valence-electron chi connectivity index (χ2n) is 8.06. The monoisotopic (exact) mass is 534 g/mol. The fraction of sp³-hybridized carbons (Fsp3) is 0.111. The van der Waals surface area contributed by atoms with Gasteiger partial charge in [-0.3, -0.25) is 4.79 Å². The van der Waals surface area contributed by atoms with E-state index in [4.69, 9.17) is 4.74 Å². The Kier molecular flexibility index (Phi) is 8.24. The highest BCUT2D eigenvalue weighted by molar-refractivity contribution is 6.15. The Morgan fingerprint density at radius 3 is 2.26 bits per heavy atom.